The first-order valence-electron chi connectivity index (χ1n) is 6.19. The number of carbonyl (C=O) groups excluding carboxylic acids is 1. The van der Waals surface area contributed by atoms with E-state index < -0.39 is 0 Å². The van der Waals surface area contributed by atoms with Crippen LogP contribution in [0.2, 0.25) is 0 Å². The maximum atomic E-state index is 12.3. The molecule has 0 spiro atoms. The van der Waals surface area contributed by atoms with Gasteiger partial charge in [0, 0.05) is 35.6 Å². The number of nitrogens with zero attached hydrogens (tertiary/aromatic N) is 2. The average Bonchev–Trinajstić information content (AvgIpc) is 2.40. The molecule has 2 N–H and O–H groups in total. The molecule has 0 fully saturated rings. The van der Waals surface area contributed by atoms with E-state index in [-0.39, 0.29) is 5.91 Å². The maximum Gasteiger partial charge on any atom is 0.257 e. The number of hydrogen-bond donors (Lipinski definition) is 1. The summed E-state index contributed by atoms with van der Waals surface area (Å²) in [4.78, 5) is 18.1. The van der Waals surface area contributed by atoms with Crippen molar-refractivity contribution in [1.29, 1.82) is 0 Å². The Morgan fingerprint density at radius 3 is 2.60 bits per heavy atom. The minimum atomic E-state index is -0.127. The van der Waals surface area contributed by atoms with E-state index in [0.717, 1.165) is 15.7 Å². The molecule has 0 unspecified atom stereocenters. The van der Waals surface area contributed by atoms with Gasteiger partial charge in [0.25, 0.3) is 5.91 Å². The van der Waals surface area contributed by atoms with Gasteiger partial charge in [0.1, 0.15) is 0 Å². The Morgan fingerprint density at radius 1 is 1.35 bits per heavy atom. The van der Waals surface area contributed by atoms with E-state index in [0.29, 0.717) is 17.8 Å². The normalized spacial score (nSPS) is 10.3. The van der Waals surface area contributed by atoms with Gasteiger partial charge in [0.05, 0.1) is 5.56 Å². The Kier molecular flexibility index (Phi) is 4.39. The summed E-state index contributed by atoms with van der Waals surface area (Å²) in [5.74, 6) is -0.127. The number of benzene rings is 1. The molecule has 0 aliphatic heterocycles. The highest BCUT2D eigenvalue weighted by Gasteiger charge is 2.15. The molecule has 4 nitrogen and oxygen atoms in total. The maximum absolute atomic E-state index is 12.3. The largest absolute Gasteiger partial charge is 0.398 e. The van der Waals surface area contributed by atoms with Crippen molar-refractivity contribution < 1.29 is 4.79 Å². The number of amides is 1. The summed E-state index contributed by atoms with van der Waals surface area (Å²) >= 11 is 3.39. The van der Waals surface area contributed by atoms with E-state index >= 15 is 0 Å². The Hall–Kier alpha value is -1.88. The Labute approximate surface area is 126 Å². The zero-order valence-corrected chi connectivity index (χ0v) is 13.0. The monoisotopic (exact) mass is 333 g/mol. The molecule has 0 saturated carbocycles. The Balaban J connectivity index is 2.14. The number of hydrogen-bond acceptors (Lipinski definition) is 3. The molecule has 5 heteroatoms. The molecule has 1 aromatic heterocycles. The van der Waals surface area contributed by atoms with Crippen molar-refractivity contribution in [2.75, 3.05) is 12.8 Å². The van der Waals surface area contributed by atoms with Crippen molar-refractivity contribution in [3.05, 3.63) is 57.8 Å². The molecule has 0 atom stereocenters. The minimum absolute atomic E-state index is 0.127. The van der Waals surface area contributed by atoms with Crippen molar-refractivity contribution in [3.8, 4) is 0 Å². The summed E-state index contributed by atoms with van der Waals surface area (Å²) in [6, 6.07) is 9.57. The highest BCUT2D eigenvalue weighted by atomic mass is 79.9. The second-order valence-electron chi connectivity index (χ2n) is 4.70. The molecule has 2 rings (SSSR count). The van der Waals surface area contributed by atoms with Gasteiger partial charge in [-0.3, -0.25) is 9.78 Å². The molecule has 0 aliphatic carbocycles. The number of aryl methyl sites for hydroxylation is 1. The molecular weight excluding hydrogens is 318 g/mol. The van der Waals surface area contributed by atoms with Crippen LogP contribution in [0.5, 0.6) is 0 Å². The van der Waals surface area contributed by atoms with Gasteiger partial charge in [0.2, 0.25) is 0 Å². The van der Waals surface area contributed by atoms with Crippen LogP contribution in [-0.2, 0) is 6.54 Å². The summed E-state index contributed by atoms with van der Waals surface area (Å²) in [5.41, 5.74) is 8.64. The summed E-state index contributed by atoms with van der Waals surface area (Å²) in [6.07, 6.45) is 1.53. The predicted octanol–water partition coefficient (Wildman–Crippen LogP) is 3.01. The summed E-state index contributed by atoms with van der Waals surface area (Å²) in [6.45, 7) is 2.37. The first kappa shape index (κ1) is 14.5. The average molecular weight is 334 g/mol. The van der Waals surface area contributed by atoms with Gasteiger partial charge in [-0.05, 0) is 30.7 Å². The summed E-state index contributed by atoms with van der Waals surface area (Å²) in [5, 5.41) is 0. The molecule has 1 heterocycles. The lowest BCUT2D eigenvalue weighted by molar-refractivity contribution is 0.0785. The first-order chi connectivity index (χ1) is 9.47. The van der Waals surface area contributed by atoms with Crippen LogP contribution in [0.4, 0.5) is 5.69 Å². The van der Waals surface area contributed by atoms with E-state index in [1.165, 1.54) is 6.20 Å². The van der Waals surface area contributed by atoms with Crippen LogP contribution in [0.15, 0.2) is 41.0 Å². The molecule has 1 aromatic carbocycles. The highest BCUT2D eigenvalue weighted by molar-refractivity contribution is 9.10. The molecular formula is C15H16BrN3O. The quantitative estimate of drug-likeness (QED) is 0.939. The van der Waals surface area contributed by atoms with Crippen molar-refractivity contribution in [2.24, 2.45) is 0 Å². The highest BCUT2D eigenvalue weighted by Crippen LogP contribution is 2.16. The lowest BCUT2D eigenvalue weighted by Gasteiger charge is -2.18. The lowest BCUT2D eigenvalue weighted by atomic mass is 10.1. The third-order valence-electron chi connectivity index (χ3n) is 2.98. The van der Waals surface area contributed by atoms with Gasteiger partial charge >= 0.3 is 0 Å². The van der Waals surface area contributed by atoms with E-state index in [1.54, 1.807) is 18.0 Å². The first-order valence-corrected chi connectivity index (χ1v) is 6.98. The zero-order valence-electron chi connectivity index (χ0n) is 11.4. The van der Waals surface area contributed by atoms with E-state index in [1.807, 2.05) is 31.2 Å². The van der Waals surface area contributed by atoms with Crippen LogP contribution in [0.3, 0.4) is 0 Å². The van der Waals surface area contributed by atoms with Gasteiger partial charge in [-0.1, -0.05) is 28.1 Å². The SMILES string of the molecule is Cc1cc(N)c(C(=O)N(C)Cc2ccc(Br)cc2)cn1. The van der Waals surface area contributed by atoms with Gasteiger partial charge < -0.3 is 10.6 Å². The fraction of sp³-hybridized carbons (Fsp3) is 0.200. The van der Waals surface area contributed by atoms with Crippen LogP contribution >= 0.6 is 15.9 Å². The summed E-state index contributed by atoms with van der Waals surface area (Å²) < 4.78 is 1.02. The smallest absolute Gasteiger partial charge is 0.257 e. The van der Waals surface area contributed by atoms with E-state index in [2.05, 4.69) is 20.9 Å². The van der Waals surface area contributed by atoms with Crippen molar-refractivity contribution in [2.45, 2.75) is 13.5 Å². The summed E-state index contributed by atoms with van der Waals surface area (Å²) in [7, 11) is 1.75. The fourth-order valence-electron chi connectivity index (χ4n) is 1.90. The van der Waals surface area contributed by atoms with Crippen molar-refractivity contribution in [3.63, 3.8) is 0 Å². The minimum Gasteiger partial charge on any atom is -0.398 e. The lowest BCUT2D eigenvalue weighted by Crippen LogP contribution is -2.27. The van der Waals surface area contributed by atoms with E-state index in [4.69, 9.17) is 5.73 Å². The van der Waals surface area contributed by atoms with Crippen LogP contribution in [0, 0.1) is 6.92 Å². The van der Waals surface area contributed by atoms with Crippen LogP contribution in [0.1, 0.15) is 21.6 Å². The number of aromatic nitrogens is 1. The third kappa shape index (κ3) is 3.36. The molecule has 2 aromatic rings. The van der Waals surface area contributed by atoms with Gasteiger partial charge in [-0.2, -0.15) is 0 Å². The van der Waals surface area contributed by atoms with Gasteiger partial charge in [-0.25, -0.2) is 0 Å². The number of rotatable bonds is 3. The Bertz CT molecular complexity index is 626. The van der Waals surface area contributed by atoms with Crippen LogP contribution < -0.4 is 5.73 Å². The van der Waals surface area contributed by atoms with Crippen molar-refractivity contribution in [1.82, 2.24) is 9.88 Å². The predicted molar refractivity (Wildman–Crippen MR) is 83.3 cm³/mol. The second-order valence-corrected chi connectivity index (χ2v) is 5.62. The Morgan fingerprint density at radius 2 is 2.00 bits per heavy atom. The number of halogens is 1. The molecule has 0 aliphatic rings. The molecule has 0 radical (unpaired) electrons. The molecule has 20 heavy (non-hydrogen) atoms. The van der Waals surface area contributed by atoms with Crippen molar-refractivity contribution >= 4 is 27.5 Å². The number of carbonyl (C=O) groups is 1. The van der Waals surface area contributed by atoms with Gasteiger partial charge in [-0.15, -0.1) is 0 Å². The third-order valence-corrected chi connectivity index (χ3v) is 3.51. The molecule has 1 amide bonds. The second kappa shape index (κ2) is 6.05. The van der Waals surface area contributed by atoms with Crippen LogP contribution in [0.25, 0.3) is 0 Å². The number of pyridine rings is 1. The molecule has 0 bridgehead atoms. The molecule has 0 saturated heterocycles. The number of nitrogen functional groups attached to an aromatic ring is 1. The zero-order chi connectivity index (χ0) is 14.7. The molecule has 104 valence electrons. The van der Waals surface area contributed by atoms with Gasteiger partial charge in [0.15, 0.2) is 0 Å². The van der Waals surface area contributed by atoms with E-state index in [9.17, 15) is 4.79 Å². The standard InChI is InChI=1S/C15H16BrN3O/c1-10-7-14(17)13(8-18-10)15(20)19(2)9-11-3-5-12(16)6-4-11/h3-8H,9H2,1-2H3,(H2,17,18). The van der Waals surface area contributed by atoms with Crippen LogP contribution in [-0.4, -0.2) is 22.8 Å². The topological polar surface area (TPSA) is 59.2 Å². The number of anilines is 1. The fourth-order valence-corrected chi connectivity index (χ4v) is 2.17. The number of nitrogens with two attached hydrogens (primary N) is 1.